The topological polar surface area (TPSA) is 27.6 Å². The van der Waals surface area contributed by atoms with Gasteiger partial charge in [-0.05, 0) is 37.3 Å². The molecule has 0 amide bonds. The van der Waals surface area contributed by atoms with Gasteiger partial charge in [0.25, 0.3) is 0 Å². The summed E-state index contributed by atoms with van der Waals surface area (Å²) in [7, 11) is 0. The first-order chi connectivity index (χ1) is 10.4. The van der Waals surface area contributed by atoms with Crippen molar-refractivity contribution in [1.29, 1.82) is 0 Å². The van der Waals surface area contributed by atoms with E-state index in [1.807, 2.05) is 0 Å². The number of hydrogen-bond acceptors (Lipinski definition) is 3. The van der Waals surface area contributed by atoms with E-state index in [4.69, 9.17) is 4.99 Å². The summed E-state index contributed by atoms with van der Waals surface area (Å²) >= 11 is 0. The quantitative estimate of drug-likeness (QED) is 0.916. The van der Waals surface area contributed by atoms with Crippen molar-refractivity contribution in [2.75, 3.05) is 11.4 Å². The zero-order valence-electron chi connectivity index (χ0n) is 12.9. The van der Waals surface area contributed by atoms with Crippen LogP contribution in [-0.2, 0) is 0 Å². The lowest BCUT2D eigenvalue weighted by atomic mass is 9.90. The minimum absolute atomic E-state index is 0.290. The SMILES string of the molecule is CCCCN1c2ccccc2C2NC3CCCCC3=NC21. The van der Waals surface area contributed by atoms with Crippen LogP contribution in [0.2, 0.25) is 0 Å². The summed E-state index contributed by atoms with van der Waals surface area (Å²) in [5.41, 5.74) is 4.28. The van der Waals surface area contributed by atoms with E-state index in [1.54, 1.807) is 0 Å². The van der Waals surface area contributed by atoms with Gasteiger partial charge in [0, 0.05) is 24.0 Å². The molecule has 3 atom stereocenters. The van der Waals surface area contributed by atoms with Gasteiger partial charge in [-0.1, -0.05) is 38.0 Å². The predicted molar refractivity (Wildman–Crippen MR) is 88.1 cm³/mol. The number of nitrogens with one attached hydrogen (secondary N) is 1. The molecule has 3 heteroatoms. The second-order valence-corrected chi connectivity index (χ2v) is 6.58. The Bertz CT molecular complexity index is 536. The van der Waals surface area contributed by atoms with Gasteiger partial charge in [-0.2, -0.15) is 0 Å². The molecule has 1 fully saturated rings. The maximum atomic E-state index is 5.19. The van der Waals surface area contributed by atoms with Gasteiger partial charge in [-0.15, -0.1) is 0 Å². The Hall–Kier alpha value is -1.35. The van der Waals surface area contributed by atoms with E-state index in [0.29, 0.717) is 18.2 Å². The highest BCUT2D eigenvalue weighted by Crippen LogP contribution is 2.43. The van der Waals surface area contributed by atoms with Gasteiger partial charge < -0.3 is 4.90 Å². The molecule has 1 N–H and O–H groups in total. The summed E-state index contributed by atoms with van der Waals surface area (Å²) in [6, 6.07) is 9.81. The minimum Gasteiger partial charge on any atom is -0.348 e. The molecule has 21 heavy (non-hydrogen) atoms. The van der Waals surface area contributed by atoms with Crippen LogP contribution < -0.4 is 10.2 Å². The van der Waals surface area contributed by atoms with Crippen molar-refractivity contribution < 1.29 is 0 Å². The fourth-order valence-electron chi connectivity index (χ4n) is 4.11. The molecule has 3 nitrogen and oxygen atoms in total. The van der Waals surface area contributed by atoms with Gasteiger partial charge in [0.15, 0.2) is 0 Å². The van der Waals surface area contributed by atoms with E-state index >= 15 is 0 Å². The van der Waals surface area contributed by atoms with E-state index in [2.05, 4.69) is 41.4 Å². The fraction of sp³-hybridized carbons (Fsp3) is 0.611. The van der Waals surface area contributed by atoms with Crippen LogP contribution in [0.4, 0.5) is 5.69 Å². The Morgan fingerprint density at radius 2 is 2.19 bits per heavy atom. The average Bonchev–Trinajstić information content (AvgIpc) is 2.84. The fourth-order valence-corrected chi connectivity index (χ4v) is 4.11. The van der Waals surface area contributed by atoms with E-state index in [1.165, 1.54) is 55.5 Å². The van der Waals surface area contributed by atoms with Crippen molar-refractivity contribution in [1.82, 2.24) is 5.32 Å². The molecule has 1 aromatic rings. The van der Waals surface area contributed by atoms with Crippen LogP contribution >= 0.6 is 0 Å². The number of rotatable bonds is 3. The largest absolute Gasteiger partial charge is 0.348 e. The zero-order chi connectivity index (χ0) is 14.2. The first-order valence-corrected chi connectivity index (χ1v) is 8.56. The minimum atomic E-state index is 0.290. The number of unbranched alkanes of at least 4 members (excludes halogenated alkanes) is 1. The Morgan fingerprint density at radius 3 is 3.10 bits per heavy atom. The number of para-hydroxylation sites is 1. The highest BCUT2D eigenvalue weighted by Gasteiger charge is 2.42. The Labute approximate surface area is 127 Å². The van der Waals surface area contributed by atoms with Crippen molar-refractivity contribution in [3.05, 3.63) is 29.8 Å². The first kappa shape index (κ1) is 13.3. The zero-order valence-corrected chi connectivity index (χ0v) is 12.9. The molecule has 0 saturated heterocycles. The molecule has 1 aromatic carbocycles. The third-order valence-corrected chi connectivity index (χ3v) is 5.21. The summed E-state index contributed by atoms with van der Waals surface area (Å²) in [6.07, 6.45) is 7.89. The molecule has 0 radical (unpaired) electrons. The lowest BCUT2D eigenvalue weighted by Gasteiger charge is -2.38. The number of hydrogen-bond donors (Lipinski definition) is 1. The smallest absolute Gasteiger partial charge is 0.140 e. The van der Waals surface area contributed by atoms with Gasteiger partial charge in [-0.25, -0.2) is 0 Å². The molecule has 2 aliphatic heterocycles. The van der Waals surface area contributed by atoms with Crippen LogP contribution in [0.15, 0.2) is 29.3 Å². The molecule has 0 bridgehead atoms. The molecule has 1 aliphatic carbocycles. The maximum absolute atomic E-state index is 5.19. The molecule has 0 aromatic heterocycles. The van der Waals surface area contributed by atoms with Gasteiger partial charge >= 0.3 is 0 Å². The summed E-state index contributed by atoms with van der Waals surface area (Å²) in [5, 5.41) is 3.91. The molecule has 1 saturated carbocycles. The Balaban J connectivity index is 1.71. The number of fused-ring (bicyclic) bond motifs is 4. The van der Waals surface area contributed by atoms with E-state index < -0.39 is 0 Å². The van der Waals surface area contributed by atoms with E-state index in [9.17, 15) is 0 Å². The lowest BCUT2D eigenvalue weighted by molar-refractivity contribution is 0.376. The monoisotopic (exact) mass is 283 g/mol. The van der Waals surface area contributed by atoms with Crippen molar-refractivity contribution in [2.24, 2.45) is 4.99 Å². The second kappa shape index (κ2) is 5.45. The molecule has 0 spiro atoms. The van der Waals surface area contributed by atoms with Gasteiger partial charge in [0.05, 0.1) is 6.04 Å². The number of aliphatic imine (C=N–C) groups is 1. The summed E-state index contributed by atoms with van der Waals surface area (Å²) in [5.74, 6) is 0. The summed E-state index contributed by atoms with van der Waals surface area (Å²) in [6.45, 7) is 3.39. The molecule has 2 heterocycles. The first-order valence-electron chi connectivity index (χ1n) is 8.56. The Kier molecular flexibility index (Phi) is 3.46. The van der Waals surface area contributed by atoms with Gasteiger partial charge in [-0.3, -0.25) is 10.3 Å². The predicted octanol–water partition coefficient (Wildman–Crippen LogP) is 3.66. The molecule has 3 unspecified atom stereocenters. The Morgan fingerprint density at radius 1 is 1.29 bits per heavy atom. The van der Waals surface area contributed by atoms with Crippen LogP contribution in [0.3, 0.4) is 0 Å². The third kappa shape index (κ3) is 2.18. The van der Waals surface area contributed by atoms with Gasteiger partial charge in [0.2, 0.25) is 0 Å². The van der Waals surface area contributed by atoms with Crippen LogP contribution in [0.5, 0.6) is 0 Å². The maximum Gasteiger partial charge on any atom is 0.140 e. The lowest BCUT2D eigenvalue weighted by Crippen LogP contribution is -2.51. The normalized spacial score (nSPS) is 30.4. The van der Waals surface area contributed by atoms with Crippen LogP contribution in [0, 0.1) is 0 Å². The van der Waals surface area contributed by atoms with E-state index in [0.717, 1.165) is 6.54 Å². The van der Waals surface area contributed by atoms with Crippen molar-refractivity contribution in [3.63, 3.8) is 0 Å². The van der Waals surface area contributed by atoms with Crippen molar-refractivity contribution in [3.8, 4) is 0 Å². The number of benzene rings is 1. The molecular weight excluding hydrogens is 258 g/mol. The molecular formula is C18H25N3. The van der Waals surface area contributed by atoms with Crippen LogP contribution in [0.25, 0.3) is 0 Å². The van der Waals surface area contributed by atoms with Crippen molar-refractivity contribution in [2.45, 2.75) is 63.7 Å². The van der Waals surface area contributed by atoms with E-state index in [-0.39, 0.29) is 0 Å². The molecule has 112 valence electrons. The van der Waals surface area contributed by atoms with Crippen LogP contribution in [0.1, 0.15) is 57.1 Å². The average molecular weight is 283 g/mol. The second-order valence-electron chi connectivity index (χ2n) is 6.58. The van der Waals surface area contributed by atoms with Gasteiger partial charge in [0.1, 0.15) is 6.17 Å². The summed E-state index contributed by atoms with van der Waals surface area (Å²) < 4.78 is 0. The number of nitrogens with zero attached hydrogens (tertiary/aromatic N) is 2. The molecule has 4 rings (SSSR count). The number of anilines is 1. The highest BCUT2D eigenvalue weighted by atomic mass is 15.3. The standard InChI is InChI=1S/C18H25N3/c1-2-3-12-21-16-11-7-4-8-13(16)17-18(21)20-15-10-6-5-9-14(15)19-17/h4,7-8,11,14,17-19H,2-3,5-6,9-10,12H2,1H3. The highest BCUT2D eigenvalue weighted by molar-refractivity contribution is 5.91. The van der Waals surface area contributed by atoms with Crippen LogP contribution in [-0.4, -0.2) is 24.5 Å². The third-order valence-electron chi connectivity index (χ3n) is 5.21. The van der Waals surface area contributed by atoms with Crippen molar-refractivity contribution >= 4 is 11.4 Å². The summed E-state index contributed by atoms with van der Waals surface area (Å²) in [4.78, 5) is 7.73. The molecule has 3 aliphatic rings.